The summed E-state index contributed by atoms with van der Waals surface area (Å²) in [4.78, 5) is 0. The van der Waals surface area contributed by atoms with Crippen molar-refractivity contribution in [3.05, 3.63) is 70.1 Å². The van der Waals surface area contributed by atoms with Gasteiger partial charge in [0.2, 0.25) is 0 Å². The second kappa shape index (κ2) is 5.33. The maximum atomic E-state index is 13.2. The zero-order chi connectivity index (χ0) is 16.0. The first-order chi connectivity index (χ1) is 11.2. The lowest BCUT2D eigenvalue weighted by Crippen LogP contribution is -2.29. The fraction of sp³-hybridized carbons (Fsp3) is 0.158. The van der Waals surface area contributed by atoms with E-state index in [1.165, 1.54) is 12.1 Å². The molecule has 0 saturated carbocycles. The van der Waals surface area contributed by atoms with Gasteiger partial charge in [0, 0.05) is 10.8 Å². The Labute approximate surface area is 132 Å². The third kappa shape index (κ3) is 2.03. The lowest BCUT2D eigenvalue weighted by molar-refractivity contribution is 0.190. The van der Waals surface area contributed by atoms with E-state index in [1.807, 2.05) is 12.2 Å². The molecular weight excluding hydrogens is 293 g/mol. The lowest BCUT2D eigenvalue weighted by atomic mass is 10.0. The van der Waals surface area contributed by atoms with Crippen LogP contribution in [0, 0.1) is 5.82 Å². The Hall–Kier alpha value is -2.43. The van der Waals surface area contributed by atoms with Crippen molar-refractivity contribution in [1.29, 1.82) is 0 Å². The monoisotopic (exact) mass is 309 g/mol. The van der Waals surface area contributed by atoms with E-state index in [0.717, 1.165) is 39.3 Å². The van der Waals surface area contributed by atoms with Gasteiger partial charge in [-0.05, 0) is 41.3 Å². The lowest BCUT2D eigenvalue weighted by Gasteiger charge is -2.11. The number of allylic oxidation sites excluding steroid dienone is 4. The fourth-order valence-electron chi connectivity index (χ4n) is 3.51. The van der Waals surface area contributed by atoms with Crippen LogP contribution in [0.15, 0.2) is 48.1 Å². The number of aliphatic hydroxyl groups excluding tert-OH is 2. The highest BCUT2D eigenvalue weighted by Gasteiger charge is 2.23. The number of aliphatic hydroxyl groups is 2. The summed E-state index contributed by atoms with van der Waals surface area (Å²) >= 11 is 0. The van der Waals surface area contributed by atoms with Gasteiger partial charge in [-0.1, -0.05) is 30.4 Å². The Balaban J connectivity index is 2.10. The SMILES string of the molecule is OCc1c(-c2ccc(F)cc2)c2c(n1CO)=C1CC=CC=C1C=2. The molecule has 4 rings (SSSR count). The summed E-state index contributed by atoms with van der Waals surface area (Å²) in [6, 6.07) is 6.24. The summed E-state index contributed by atoms with van der Waals surface area (Å²) in [6.45, 7) is -0.385. The third-order valence-electron chi connectivity index (χ3n) is 4.50. The van der Waals surface area contributed by atoms with Crippen LogP contribution >= 0.6 is 0 Å². The average Bonchev–Trinajstić information content (AvgIpc) is 3.09. The van der Waals surface area contributed by atoms with E-state index < -0.39 is 0 Å². The minimum Gasteiger partial charge on any atom is -0.390 e. The van der Waals surface area contributed by atoms with Crippen molar-refractivity contribution >= 4 is 11.6 Å². The first kappa shape index (κ1) is 14.2. The highest BCUT2D eigenvalue weighted by molar-refractivity contribution is 5.87. The molecule has 3 nitrogen and oxygen atoms in total. The Kier molecular flexibility index (Phi) is 3.29. The van der Waals surface area contributed by atoms with Gasteiger partial charge in [0.05, 0.1) is 17.6 Å². The predicted molar refractivity (Wildman–Crippen MR) is 86.9 cm³/mol. The van der Waals surface area contributed by atoms with Gasteiger partial charge >= 0.3 is 0 Å². The molecule has 0 saturated heterocycles. The zero-order valence-electron chi connectivity index (χ0n) is 12.5. The van der Waals surface area contributed by atoms with Crippen molar-refractivity contribution in [2.45, 2.75) is 19.8 Å². The van der Waals surface area contributed by atoms with E-state index in [0.29, 0.717) is 5.69 Å². The summed E-state index contributed by atoms with van der Waals surface area (Å²) in [7, 11) is 0. The second-order valence-corrected chi connectivity index (χ2v) is 5.70. The Bertz CT molecular complexity index is 962. The predicted octanol–water partition coefficient (Wildman–Crippen LogP) is 1.57. The van der Waals surface area contributed by atoms with Gasteiger partial charge in [0.15, 0.2) is 0 Å². The van der Waals surface area contributed by atoms with Crippen molar-refractivity contribution in [3.63, 3.8) is 0 Å². The minimum absolute atomic E-state index is 0.184. The summed E-state index contributed by atoms with van der Waals surface area (Å²) in [5.74, 6) is -0.295. The van der Waals surface area contributed by atoms with E-state index in [9.17, 15) is 14.6 Å². The number of hydrogen-bond acceptors (Lipinski definition) is 2. The molecule has 4 heteroatoms. The van der Waals surface area contributed by atoms with Gasteiger partial charge < -0.3 is 14.8 Å². The third-order valence-corrected chi connectivity index (χ3v) is 4.50. The van der Waals surface area contributed by atoms with Crippen LogP contribution in [0.2, 0.25) is 0 Å². The molecule has 1 heterocycles. The Morgan fingerprint density at radius 1 is 1.13 bits per heavy atom. The van der Waals surface area contributed by atoms with Crippen LogP contribution < -0.4 is 10.6 Å². The van der Waals surface area contributed by atoms with Crippen LogP contribution in [0.1, 0.15) is 12.1 Å². The van der Waals surface area contributed by atoms with Gasteiger partial charge in [-0.2, -0.15) is 0 Å². The molecule has 116 valence electrons. The molecule has 0 spiro atoms. The smallest absolute Gasteiger partial charge is 0.123 e. The van der Waals surface area contributed by atoms with Crippen molar-refractivity contribution in [3.8, 4) is 11.1 Å². The average molecular weight is 309 g/mol. The van der Waals surface area contributed by atoms with Gasteiger partial charge in [0.1, 0.15) is 12.5 Å². The van der Waals surface area contributed by atoms with Crippen molar-refractivity contribution < 1.29 is 14.6 Å². The number of benzene rings is 1. The van der Waals surface area contributed by atoms with Crippen molar-refractivity contribution in [1.82, 2.24) is 4.57 Å². The number of rotatable bonds is 3. The highest BCUT2D eigenvalue weighted by atomic mass is 19.1. The summed E-state index contributed by atoms with van der Waals surface area (Å²) in [6.07, 6.45) is 9.03. The summed E-state index contributed by atoms with van der Waals surface area (Å²) < 4.78 is 15.0. The first-order valence-electron chi connectivity index (χ1n) is 7.55. The molecule has 2 N–H and O–H groups in total. The number of nitrogens with zero attached hydrogens (tertiary/aromatic N) is 1. The summed E-state index contributed by atoms with van der Waals surface area (Å²) in [5.41, 5.74) is 4.64. The minimum atomic E-state index is -0.295. The molecule has 0 radical (unpaired) electrons. The molecule has 23 heavy (non-hydrogen) atoms. The molecule has 0 fully saturated rings. The van der Waals surface area contributed by atoms with Gasteiger partial charge in [-0.15, -0.1) is 0 Å². The number of aromatic nitrogens is 1. The molecule has 0 atom stereocenters. The second-order valence-electron chi connectivity index (χ2n) is 5.70. The van der Waals surface area contributed by atoms with E-state index in [4.69, 9.17) is 0 Å². The highest BCUT2D eigenvalue weighted by Crippen LogP contribution is 2.27. The molecule has 1 aromatic heterocycles. The molecular formula is C19H16FNO2. The van der Waals surface area contributed by atoms with Crippen molar-refractivity contribution in [2.75, 3.05) is 0 Å². The molecule has 0 aliphatic heterocycles. The Morgan fingerprint density at radius 2 is 1.91 bits per heavy atom. The first-order valence-corrected chi connectivity index (χ1v) is 7.55. The molecule has 0 bridgehead atoms. The molecule has 2 aromatic rings. The standard InChI is InChI=1S/C19H16FNO2/c20-14-7-5-12(6-8-14)18-16-9-13-3-1-2-4-15(13)19(16)21(11-23)17(18)10-22/h1-3,5-9,22-23H,4,10-11H2. The maximum absolute atomic E-state index is 13.2. The van der Waals surface area contributed by atoms with Crippen LogP contribution in [-0.2, 0) is 13.3 Å². The number of hydrogen-bond donors (Lipinski definition) is 2. The van der Waals surface area contributed by atoms with Gasteiger partial charge in [-0.25, -0.2) is 4.39 Å². The van der Waals surface area contributed by atoms with Crippen LogP contribution in [0.3, 0.4) is 0 Å². The van der Waals surface area contributed by atoms with E-state index in [2.05, 4.69) is 12.2 Å². The van der Waals surface area contributed by atoms with Crippen LogP contribution in [0.4, 0.5) is 4.39 Å². The number of fused-ring (bicyclic) bond motifs is 2. The molecule has 0 amide bonds. The zero-order valence-corrected chi connectivity index (χ0v) is 12.5. The van der Waals surface area contributed by atoms with E-state index >= 15 is 0 Å². The largest absolute Gasteiger partial charge is 0.390 e. The maximum Gasteiger partial charge on any atom is 0.123 e. The molecule has 2 aliphatic carbocycles. The Morgan fingerprint density at radius 3 is 2.61 bits per heavy atom. The van der Waals surface area contributed by atoms with Crippen molar-refractivity contribution in [2.24, 2.45) is 0 Å². The number of halogens is 1. The van der Waals surface area contributed by atoms with Crippen LogP contribution in [0.5, 0.6) is 0 Å². The van der Waals surface area contributed by atoms with Crippen LogP contribution in [0.25, 0.3) is 22.8 Å². The topological polar surface area (TPSA) is 45.4 Å². The van der Waals surface area contributed by atoms with E-state index in [1.54, 1.807) is 16.7 Å². The van der Waals surface area contributed by atoms with Crippen LogP contribution in [-0.4, -0.2) is 14.8 Å². The normalized spacial score (nSPS) is 15.3. The van der Waals surface area contributed by atoms with E-state index in [-0.39, 0.29) is 19.2 Å². The van der Waals surface area contributed by atoms with Gasteiger partial charge in [-0.3, -0.25) is 0 Å². The van der Waals surface area contributed by atoms with Gasteiger partial charge in [0.25, 0.3) is 0 Å². The quantitative estimate of drug-likeness (QED) is 0.904. The summed E-state index contributed by atoms with van der Waals surface area (Å²) in [5, 5.41) is 21.6. The molecule has 1 aromatic carbocycles. The molecule has 0 unspecified atom stereocenters. The molecule has 2 aliphatic rings. The fourth-order valence-corrected chi connectivity index (χ4v) is 3.51.